The van der Waals surface area contributed by atoms with Crippen LogP contribution in [0.25, 0.3) is 0 Å². The maximum atomic E-state index is 3.58. The van der Waals surface area contributed by atoms with Gasteiger partial charge in [-0.25, -0.2) is 0 Å². The standard InChI is InChI=1S/C15H25BrN2/c1-4-10-18(3)11-9-15(17-5-2)13-7-6-8-14(16)12-13/h6-8,12,15,17H,4-5,9-11H2,1-3H3. The largest absolute Gasteiger partial charge is 0.310 e. The van der Waals surface area contributed by atoms with E-state index >= 15 is 0 Å². The summed E-state index contributed by atoms with van der Waals surface area (Å²) in [6.07, 6.45) is 2.38. The molecule has 1 rings (SSSR count). The third-order valence-electron chi connectivity index (χ3n) is 3.11. The molecule has 0 saturated carbocycles. The fourth-order valence-corrected chi connectivity index (χ4v) is 2.62. The Morgan fingerprint density at radius 1 is 1.28 bits per heavy atom. The topological polar surface area (TPSA) is 15.3 Å². The number of rotatable bonds is 8. The lowest BCUT2D eigenvalue weighted by atomic mass is 10.0. The van der Waals surface area contributed by atoms with Crippen molar-refractivity contribution in [3.05, 3.63) is 34.3 Å². The molecule has 1 aromatic carbocycles. The molecule has 0 aliphatic carbocycles. The van der Waals surface area contributed by atoms with E-state index in [1.54, 1.807) is 0 Å². The van der Waals surface area contributed by atoms with Gasteiger partial charge in [0.05, 0.1) is 0 Å². The first kappa shape index (κ1) is 15.7. The normalized spacial score (nSPS) is 12.9. The number of hydrogen-bond acceptors (Lipinski definition) is 2. The van der Waals surface area contributed by atoms with E-state index in [0.29, 0.717) is 6.04 Å². The first-order valence-corrected chi connectivity index (χ1v) is 7.64. The van der Waals surface area contributed by atoms with Crippen LogP contribution in [0.3, 0.4) is 0 Å². The number of nitrogens with one attached hydrogen (secondary N) is 1. The van der Waals surface area contributed by atoms with E-state index in [1.165, 1.54) is 18.5 Å². The van der Waals surface area contributed by atoms with Gasteiger partial charge < -0.3 is 10.2 Å². The quantitative estimate of drug-likeness (QED) is 0.784. The van der Waals surface area contributed by atoms with Crippen LogP contribution >= 0.6 is 15.9 Å². The third kappa shape index (κ3) is 5.51. The van der Waals surface area contributed by atoms with Gasteiger partial charge in [-0.3, -0.25) is 0 Å². The molecule has 0 radical (unpaired) electrons. The van der Waals surface area contributed by atoms with E-state index < -0.39 is 0 Å². The van der Waals surface area contributed by atoms with Crippen molar-refractivity contribution in [3.63, 3.8) is 0 Å². The highest BCUT2D eigenvalue weighted by molar-refractivity contribution is 9.10. The van der Waals surface area contributed by atoms with Gasteiger partial charge in [-0.1, -0.05) is 41.9 Å². The molecule has 18 heavy (non-hydrogen) atoms. The summed E-state index contributed by atoms with van der Waals surface area (Å²) in [5.41, 5.74) is 1.37. The smallest absolute Gasteiger partial charge is 0.0332 e. The minimum Gasteiger partial charge on any atom is -0.310 e. The molecule has 1 unspecified atom stereocenters. The van der Waals surface area contributed by atoms with Crippen molar-refractivity contribution >= 4 is 15.9 Å². The van der Waals surface area contributed by atoms with Gasteiger partial charge in [0, 0.05) is 10.5 Å². The minimum atomic E-state index is 0.451. The lowest BCUT2D eigenvalue weighted by Crippen LogP contribution is -2.27. The molecule has 3 heteroatoms. The fraction of sp³-hybridized carbons (Fsp3) is 0.600. The Morgan fingerprint density at radius 3 is 2.67 bits per heavy atom. The lowest BCUT2D eigenvalue weighted by Gasteiger charge is -2.22. The average Bonchev–Trinajstić information content (AvgIpc) is 2.35. The van der Waals surface area contributed by atoms with Crippen molar-refractivity contribution in [2.75, 3.05) is 26.7 Å². The molecule has 0 spiro atoms. The van der Waals surface area contributed by atoms with E-state index in [4.69, 9.17) is 0 Å². The van der Waals surface area contributed by atoms with E-state index in [0.717, 1.165) is 24.0 Å². The summed E-state index contributed by atoms with van der Waals surface area (Å²) in [6.45, 7) is 7.72. The van der Waals surface area contributed by atoms with Crippen LogP contribution in [0.2, 0.25) is 0 Å². The van der Waals surface area contributed by atoms with Crippen LogP contribution in [-0.4, -0.2) is 31.6 Å². The van der Waals surface area contributed by atoms with Crippen LogP contribution < -0.4 is 5.32 Å². The molecule has 0 saturated heterocycles. The Labute approximate surface area is 120 Å². The zero-order valence-corrected chi connectivity index (χ0v) is 13.3. The summed E-state index contributed by atoms with van der Waals surface area (Å²) in [5.74, 6) is 0. The molecule has 1 aromatic rings. The van der Waals surface area contributed by atoms with Gasteiger partial charge in [0.15, 0.2) is 0 Å². The second-order valence-corrected chi connectivity index (χ2v) is 5.67. The summed E-state index contributed by atoms with van der Waals surface area (Å²) >= 11 is 3.55. The second-order valence-electron chi connectivity index (χ2n) is 4.76. The van der Waals surface area contributed by atoms with Crippen molar-refractivity contribution < 1.29 is 0 Å². The van der Waals surface area contributed by atoms with E-state index in [2.05, 4.69) is 71.3 Å². The molecule has 0 fully saturated rings. The molecule has 1 atom stereocenters. The van der Waals surface area contributed by atoms with Crippen LogP contribution in [0.4, 0.5) is 0 Å². The Kier molecular flexibility index (Phi) is 7.56. The number of benzene rings is 1. The highest BCUT2D eigenvalue weighted by Gasteiger charge is 2.11. The minimum absolute atomic E-state index is 0.451. The van der Waals surface area contributed by atoms with Gasteiger partial charge in [0.2, 0.25) is 0 Å². The van der Waals surface area contributed by atoms with E-state index in [1.807, 2.05) is 0 Å². The summed E-state index contributed by atoms with van der Waals surface area (Å²) in [5, 5.41) is 3.58. The van der Waals surface area contributed by atoms with Crippen LogP contribution in [-0.2, 0) is 0 Å². The molecule has 0 aromatic heterocycles. The van der Waals surface area contributed by atoms with Gasteiger partial charge in [-0.2, -0.15) is 0 Å². The molecule has 0 amide bonds. The monoisotopic (exact) mass is 312 g/mol. The van der Waals surface area contributed by atoms with Gasteiger partial charge in [-0.15, -0.1) is 0 Å². The first-order chi connectivity index (χ1) is 8.67. The van der Waals surface area contributed by atoms with Crippen molar-refractivity contribution in [3.8, 4) is 0 Å². The molecule has 0 heterocycles. The predicted octanol–water partition coefficient (Wildman–Crippen LogP) is 3.83. The Balaban J connectivity index is 2.59. The molecule has 1 N–H and O–H groups in total. The van der Waals surface area contributed by atoms with Crippen molar-refractivity contribution in [2.45, 2.75) is 32.7 Å². The van der Waals surface area contributed by atoms with Gasteiger partial charge in [0.25, 0.3) is 0 Å². The van der Waals surface area contributed by atoms with Crippen LogP contribution in [0.5, 0.6) is 0 Å². The maximum absolute atomic E-state index is 3.58. The second kappa shape index (κ2) is 8.68. The summed E-state index contributed by atoms with van der Waals surface area (Å²) in [4.78, 5) is 2.41. The van der Waals surface area contributed by atoms with E-state index in [9.17, 15) is 0 Å². The Hall–Kier alpha value is -0.380. The number of halogens is 1. The van der Waals surface area contributed by atoms with Gasteiger partial charge in [-0.05, 0) is 57.2 Å². The highest BCUT2D eigenvalue weighted by atomic mass is 79.9. The fourth-order valence-electron chi connectivity index (χ4n) is 2.20. The van der Waals surface area contributed by atoms with Crippen molar-refractivity contribution in [1.82, 2.24) is 10.2 Å². The molecule has 2 nitrogen and oxygen atoms in total. The zero-order valence-electron chi connectivity index (χ0n) is 11.7. The lowest BCUT2D eigenvalue weighted by molar-refractivity contribution is 0.309. The molecule has 0 aliphatic heterocycles. The van der Waals surface area contributed by atoms with Gasteiger partial charge >= 0.3 is 0 Å². The average molecular weight is 313 g/mol. The molecule has 0 bridgehead atoms. The Morgan fingerprint density at radius 2 is 2.06 bits per heavy atom. The zero-order chi connectivity index (χ0) is 13.4. The third-order valence-corrected chi connectivity index (χ3v) is 3.60. The van der Waals surface area contributed by atoms with E-state index in [-0.39, 0.29) is 0 Å². The predicted molar refractivity (Wildman–Crippen MR) is 83.0 cm³/mol. The summed E-state index contributed by atoms with van der Waals surface area (Å²) < 4.78 is 1.16. The van der Waals surface area contributed by atoms with Crippen molar-refractivity contribution in [2.24, 2.45) is 0 Å². The van der Waals surface area contributed by atoms with Crippen LogP contribution in [0.15, 0.2) is 28.7 Å². The van der Waals surface area contributed by atoms with Crippen LogP contribution in [0, 0.1) is 0 Å². The number of hydrogen-bond donors (Lipinski definition) is 1. The summed E-state index contributed by atoms with van der Waals surface area (Å²) in [7, 11) is 2.20. The summed E-state index contributed by atoms with van der Waals surface area (Å²) in [6, 6.07) is 9.06. The molecule has 102 valence electrons. The maximum Gasteiger partial charge on any atom is 0.0332 e. The number of nitrogens with zero attached hydrogens (tertiary/aromatic N) is 1. The molecular weight excluding hydrogens is 288 g/mol. The van der Waals surface area contributed by atoms with Crippen molar-refractivity contribution in [1.29, 1.82) is 0 Å². The van der Waals surface area contributed by atoms with Crippen LogP contribution in [0.1, 0.15) is 38.3 Å². The first-order valence-electron chi connectivity index (χ1n) is 6.84. The highest BCUT2D eigenvalue weighted by Crippen LogP contribution is 2.21. The van der Waals surface area contributed by atoms with Gasteiger partial charge in [0.1, 0.15) is 0 Å². The SMILES string of the molecule is CCCN(C)CCC(NCC)c1cccc(Br)c1. The Bertz CT molecular complexity index is 341. The molecular formula is C15H25BrN2. The molecule has 0 aliphatic rings.